The van der Waals surface area contributed by atoms with Crippen LogP contribution < -0.4 is 27.0 Å². The van der Waals surface area contributed by atoms with Crippen LogP contribution in [0.4, 0.5) is 13.2 Å². The molecule has 172 valence electrons. The normalized spacial score (nSPS) is 35.3. The van der Waals surface area contributed by atoms with Gasteiger partial charge in [-0.2, -0.15) is 13.2 Å². The molecule has 10 heteroatoms. The van der Waals surface area contributed by atoms with Crippen LogP contribution in [-0.2, 0) is 4.74 Å². The summed E-state index contributed by atoms with van der Waals surface area (Å²) >= 11 is 0. The zero-order chi connectivity index (χ0) is 21.6. The molecule has 2 radical (unpaired) electrons. The van der Waals surface area contributed by atoms with Gasteiger partial charge < -0.3 is 15.8 Å². The average molecular weight is 431 g/mol. The molecule has 6 atom stereocenters. The maximum Gasteiger partial charge on any atom is 0.411 e. The molecule has 0 aromatic heterocycles. The van der Waals surface area contributed by atoms with Gasteiger partial charge in [-0.3, -0.25) is 16.0 Å². The van der Waals surface area contributed by atoms with Gasteiger partial charge in [0.05, 0.1) is 20.2 Å². The fourth-order valence-corrected chi connectivity index (χ4v) is 4.99. The highest BCUT2D eigenvalue weighted by Crippen LogP contribution is 2.30. The molecular weight excluding hydrogens is 394 g/mol. The van der Waals surface area contributed by atoms with Crippen LogP contribution in [0.15, 0.2) is 0 Å². The number of hydrogen-bond donors (Lipinski definition) is 5. The first-order valence-electron chi connectivity index (χ1n) is 11.5. The highest BCUT2D eigenvalue weighted by molar-refractivity contribution is 6.12. The first-order valence-corrected chi connectivity index (χ1v) is 11.5. The van der Waals surface area contributed by atoms with Crippen LogP contribution in [0.25, 0.3) is 0 Å². The van der Waals surface area contributed by atoms with Crippen LogP contribution in [0.5, 0.6) is 0 Å². The fourth-order valence-electron chi connectivity index (χ4n) is 4.99. The van der Waals surface area contributed by atoms with Crippen LogP contribution in [0.2, 0.25) is 5.82 Å². The van der Waals surface area contributed by atoms with Gasteiger partial charge in [0.1, 0.15) is 12.8 Å². The van der Waals surface area contributed by atoms with Crippen molar-refractivity contribution in [3.8, 4) is 0 Å². The summed E-state index contributed by atoms with van der Waals surface area (Å²) in [7, 11) is 6.23. The number of hydrogen-bond acceptors (Lipinski definition) is 6. The predicted molar refractivity (Wildman–Crippen MR) is 112 cm³/mol. The number of nitrogens with one attached hydrogen (secondary N) is 4. The lowest BCUT2D eigenvalue weighted by molar-refractivity contribution is -0.191. The van der Waals surface area contributed by atoms with E-state index in [1.807, 2.05) is 0 Å². The van der Waals surface area contributed by atoms with Crippen molar-refractivity contribution in [1.82, 2.24) is 21.3 Å². The molecule has 0 aromatic carbocycles. The lowest BCUT2D eigenvalue weighted by atomic mass is 9.78. The number of piperidine rings is 1. The number of alkyl halides is 3. The second-order valence-corrected chi connectivity index (χ2v) is 9.18. The topological polar surface area (TPSA) is 83.4 Å². The van der Waals surface area contributed by atoms with Gasteiger partial charge in [0, 0.05) is 19.1 Å². The molecule has 0 amide bonds. The molecule has 6 N–H and O–H groups in total. The van der Waals surface area contributed by atoms with Crippen LogP contribution >= 0.6 is 0 Å². The van der Waals surface area contributed by atoms with Crippen molar-refractivity contribution in [2.75, 3.05) is 26.2 Å². The van der Waals surface area contributed by atoms with E-state index in [-0.39, 0.29) is 18.1 Å². The third kappa shape index (κ3) is 7.64. The molecule has 3 aliphatic rings. The summed E-state index contributed by atoms with van der Waals surface area (Å²) in [6.07, 6.45) is 4.23. The van der Waals surface area contributed by atoms with Gasteiger partial charge in [-0.15, -0.1) is 0 Å². The van der Waals surface area contributed by atoms with Gasteiger partial charge in [-0.05, 0) is 56.3 Å². The molecule has 2 saturated heterocycles. The van der Waals surface area contributed by atoms with Crippen molar-refractivity contribution < 1.29 is 17.9 Å². The molecule has 6 unspecified atom stereocenters. The Kier molecular flexibility index (Phi) is 9.28. The van der Waals surface area contributed by atoms with E-state index in [2.05, 4.69) is 21.3 Å². The Morgan fingerprint density at radius 2 is 1.87 bits per heavy atom. The first kappa shape index (κ1) is 24.3. The molecule has 1 aliphatic carbocycles. The average Bonchev–Trinajstić information content (AvgIpc) is 2.76. The van der Waals surface area contributed by atoms with Crippen LogP contribution in [0.3, 0.4) is 0 Å². The predicted octanol–water partition coefficient (Wildman–Crippen LogP) is 1.58. The zero-order valence-corrected chi connectivity index (χ0v) is 17.7. The van der Waals surface area contributed by atoms with Crippen LogP contribution in [-0.4, -0.2) is 64.9 Å². The van der Waals surface area contributed by atoms with Gasteiger partial charge >= 0.3 is 6.18 Å². The lowest BCUT2D eigenvalue weighted by Gasteiger charge is -2.45. The molecule has 6 nitrogen and oxygen atoms in total. The van der Waals surface area contributed by atoms with Crippen molar-refractivity contribution in [3.63, 3.8) is 0 Å². The van der Waals surface area contributed by atoms with E-state index in [1.165, 1.54) is 32.1 Å². The van der Waals surface area contributed by atoms with Gasteiger partial charge in [-0.1, -0.05) is 19.3 Å². The van der Waals surface area contributed by atoms with E-state index in [0.717, 1.165) is 19.4 Å². The summed E-state index contributed by atoms with van der Waals surface area (Å²) in [5.74, 6) is 0.895. The molecule has 0 aromatic rings. The largest absolute Gasteiger partial charge is 0.411 e. The van der Waals surface area contributed by atoms with Crippen molar-refractivity contribution in [1.29, 1.82) is 0 Å². The molecule has 1 saturated carbocycles. The third-order valence-corrected chi connectivity index (χ3v) is 6.76. The molecule has 30 heavy (non-hydrogen) atoms. The first-order chi connectivity index (χ1) is 14.3. The third-order valence-electron chi connectivity index (χ3n) is 6.76. The SMILES string of the molecule is [B]C(CN)C1NC(NCC2CCC(OCC(F)(F)F)NC2)CC(C2CCCCC2)N1. The number of nitrogens with two attached hydrogens (primary N) is 1. The van der Waals surface area contributed by atoms with Crippen LogP contribution in [0.1, 0.15) is 51.4 Å². The zero-order valence-electron chi connectivity index (χ0n) is 17.7. The maximum absolute atomic E-state index is 12.3. The van der Waals surface area contributed by atoms with Crippen LogP contribution in [0, 0.1) is 11.8 Å². The standard InChI is InChI=1S/C20H37BF3N5O/c21-15(9-25)19-28-16(14-4-2-1-3-5-14)8-17(29-19)26-10-13-6-7-18(27-11-13)30-12-20(22,23)24/h13-19,26-29H,1-12,25H2. The Labute approximate surface area is 179 Å². The van der Waals surface area contributed by atoms with E-state index < -0.39 is 19.0 Å². The van der Waals surface area contributed by atoms with Crippen molar-refractivity contribution in [3.05, 3.63) is 0 Å². The fraction of sp³-hybridized carbons (Fsp3) is 1.00. The Morgan fingerprint density at radius 3 is 2.50 bits per heavy atom. The van der Waals surface area contributed by atoms with Crippen molar-refractivity contribution in [2.24, 2.45) is 17.6 Å². The van der Waals surface area contributed by atoms with Gasteiger partial charge in [0.25, 0.3) is 0 Å². The second-order valence-electron chi connectivity index (χ2n) is 9.18. The molecule has 0 bridgehead atoms. The van der Waals surface area contributed by atoms with Gasteiger partial charge in [0.2, 0.25) is 0 Å². The van der Waals surface area contributed by atoms with Crippen molar-refractivity contribution in [2.45, 2.75) is 88.0 Å². The van der Waals surface area contributed by atoms with Crippen molar-refractivity contribution >= 4 is 7.85 Å². The number of ether oxygens (including phenoxy) is 1. The molecule has 3 rings (SSSR count). The molecule has 2 aliphatic heterocycles. The number of rotatable bonds is 8. The minimum atomic E-state index is -4.28. The summed E-state index contributed by atoms with van der Waals surface area (Å²) in [5, 5.41) is 14.0. The Morgan fingerprint density at radius 1 is 1.10 bits per heavy atom. The van der Waals surface area contributed by atoms with E-state index in [1.54, 1.807) is 0 Å². The molecular formula is C20H37BF3N5O. The van der Waals surface area contributed by atoms with Gasteiger partial charge in [-0.25, -0.2) is 0 Å². The van der Waals surface area contributed by atoms with Gasteiger partial charge in [0.15, 0.2) is 0 Å². The maximum atomic E-state index is 12.3. The lowest BCUT2D eigenvalue weighted by Crippen LogP contribution is -2.66. The molecule has 3 fully saturated rings. The summed E-state index contributed by atoms with van der Waals surface area (Å²) in [5.41, 5.74) is 5.81. The highest BCUT2D eigenvalue weighted by Gasteiger charge is 2.35. The minimum absolute atomic E-state index is 0.0159. The summed E-state index contributed by atoms with van der Waals surface area (Å²) in [6.45, 7) is 0.676. The Bertz CT molecular complexity index is 501. The second kappa shape index (κ2) is 11.5. The summed E-state index contributed by atoms with van der Waals surface area (Å²) < 4.78 is 41.8. The Hall–Kier alpha value is -0.385. The summed E-state index contributed by atoms with van der Waals surface area (Å²) in [6, 6.07) is 0.427. The Balaban J connectivity index is 1.44. The molecule has 0 spiro atoms. The monoisotopic (exact) mass is 431 g/mol. The summed E-state index contributed by atoms with van der Waals surface area (Å²) in [4.78, 5) is 0. The van der Waals surface area contributed by atoms with E-state index in [4.69, 9.17) is 18.3 Å². The smallest absolute Gasteiger partial charge is 0.354 e. The van der Waals surface area contributed by atoms with E-state index in [0.29, 0.717) is 37.4 Å². The highest BCUT2D eigenvalue weighted by atomic mass is 19.4. The minimum Gasteiger partial charge on any atom is -0.354 e. The quantitative estimate of drug-likeness (QED) is 0.376. The van der Waals surface area contributed by atoms with E-state index >= 15 is 0 Å². The molecule has 2 heterocycles. The van der Waals surface area contributed by atoms with E-state index in [9.17, 15) is 13.2 Å². The number of halogens is 3.